The van der Waals surface area contributed by atoms with Crippen LogP contribution in [-0.2, 0) is 24.1 Å². The van der Waals surface area contributed by atoms with Crippen molar-refractivity contribution in [1.29, 1.82) is 0 Å². The number of rotatable bonds is 6. The second-order valence-electron chi connectivity index (χ2n) is 6.64. The van der Waals surface area contributed by atoms with Gasteiger partial charge in [0, 0.05) is 36.0 Å². The number of carbonyl (C=O) groups excluding carboxylic acids is 1. The molecule has 0 bridgehead atoms. The molecule has 1 aliphatic carbocycles. The zero-order chi connectivity index (χ0) is 19.1. The Morgan fingerprint density at radius 2 is 2.12 bits per heavy atom. The van der Waals surface area contributed by atoms with Crippen molar-refractivity contribution in [3.8, 4) is 0 Å². The fourth-order valence-corrected chi connectivity index (χ4v) is 2.96. The lowest BCUT2D eigenvalue weighted by atomic mass is 10.2. The van der Waals surface area contributed by atoms with Gasteiger partial charge in [0.1, 0.15) is 6.04 Å². The molecule has 1 unspecified atom stereocenters. The Morgan fingerprint density at radius 1 is 1.42 bits per heavy atom. The van der Waals surface area contributed by atoms with Gasteiger partial charge in [-0.25, -0.2) is 0 Å². The van der Waals surface area contributed by atoms with E-state index in [9.17, 15) is 18.0 Å². The van der Waals surface area contributed by atoms with Crippen molar-refractivity contribution in [2.24, 2.45) is 0 Å². The number of nitrogens with one attached hydrogen (secondary N) is 1. The lowest BCUT2D eigenvalue weighted by Gasteiger charge is -2.15. The van der Waals surface area contributed by atoms with Gasteiger partial charge in [0.2, 0.25) is 5.91 Å². The summed E-state index contributed by atoms with van der Waals surface area (Å²) >= 11 is 0. The fraction of sp³-hybridized carbons (Fsp3) is 0.588. The van der Waals surface area contributed by atoms with Gasteiger partial charge in [-0.1, -0.05) is 0 Å². The van der Waals surface area contributed by atoms with E-state index >= 15 is 0 Å². The lowest BCUT2D eigenvalue weighted by Crippen LogP contribution is -2.32. The van der Waals surface area contributed by atoms with Gasteiger partial charge >= 0.3 is 6.18 Å². The van der Waals surface area contributed by atoms with Gasteiger partial charge in [0.15, 0.2) is 5.69 Å². The molecule has 1 fully saturated rings. The number of alkyl halides is 3. The third-order valence-corrected chi connectivity index (χ3v) is 4.75. The number of nitrogens with zero attached hydrogens (tertiary/aromatic N) is 4. The molecule has 3 rings (SSSR count). The quantitative estimate of drug-likeness (QED) is 0.851. The molecular formula is C17H22F3N5O. The van der Waals surface area contributed by atoms with Crippen LogP contribution in [0.15, 0.2) is 12.3 Å². The standard InChI is InChI=1S/C17H22F3N5O/c1-4-24-10(2)13(9-22-24)8-21-16(26)11(3)25-14(12-5-6-12)7-15(23-25)17(18,19)20/h7,9,11-12H,4-6,8H2,1-3H3,(H,21,26). The first-order chi connectivity index (χ1) is 12.2. The maximum Gasteiger partial charge on any atom is 0.435 e. The van der Waals surface area contributed by atoms with Crippen LogP contribution in [-0.4, -0.2) is 25.5 Å². The molecule has 0 saturated heterocycles. The summed E-state index contributed by atoms with van der Waals surface area (Å²) in [6.45, 7) is 6.46. The Bertz CT molecular complexity index is 804. The minimum atomic E-state index is -4.52. The van der Waals surface area contributed by atoms with E-state index in [1.165, 1.54) is 4.68 Å². The summed E-state index contributed by atoms with van der Waals surface area (Å²) in [4.78, 5) is 12.5. The Kier molecular flexibility index (Phi) is 4.81. The third kappa shape index (κ3) is 3.61. The van der Waals surface area contributed by atoms with Crippen LogP contribution in [0.3, 0.4) is 0 Å². The van der Waals surface area contributed by atoms with Crippen LogP contribution < -0.4 is 5.32 Å². The highest BCUT2D eigenvalue weighted by atomic mass is 19.4. The largest absolute Gasteiger partial charge is 0.435 e. The maximum atomic E-state index is 13.0. The van der Waals surface area contributed by atoms with Gasteiger partial charge in [-0.3, -0.25) is 14.2 Å². The second-order valence-corrected chi connectivity index (χ2v) is 6.64. The molecule has 0 aliphatic heterocycles. The third-order valence-electron chi connectivity index (χ3n) is 4.75. The van der Waals surface area contributed by atoms with Crippen LogP contribution in [0, 0.1) is 6.92 Å². The molecule has 26 heavy (non-hydrogen) atoms. The number of aryl methyl sites for hydroxylation is 1. The SMILES string of the molecule is CCn1ncc(CNC(=O)C(C)n2nc(C(F)(F)F)cc2C2CC2)c1C. The van der Waals surface area contributed by atoms with Gasteiger partial charge in [-0.05, 0) is 39.7 Å². The molecule has 1 atom stereocenters. The molecule has 0 aromatic carbocycles. The molecule has 1 saturated carbocycles. The summed E-state index contributed by atoms with van der Waals surface area (Å²) in [5.41, 5.74) is 1.37. The minimum Gasteiger partial charge on any atom is -0.350 e. The first kappa shape index (κ1) is 18.5. The summed E-state index contributed by atoms with van der Waals surface area (Å²) in [6, 6.07) is 0.250. The average Bonchev–Trinajstić information content (AvgIpc) is 3.22. The van der Waals surface area contributed by atoms with Crippen molar-refractivity contribution < 1.29 is 18.0 Å². The smallest absolute Gasteiger partial charge is 0.350 e. The van der Waals surface area contributed by atoms with Crippen molar-refractivity contribution in [2.75, 3.05) is 0 Å². The predicted molar refractivity (Wildman–Crippen MR) is 88.4 cm³/mol. The first-order valence-corrected chi connectivity index (χ1v) is 8.68. The fourth-order valence-electron chi connectivity index (χ4n) is 2.96. The highest BCUT2D eigenvalue weighted by Gasteiger charge is 2.39. The molecule has 2 aromatic rings. The lowest BCUT2D eigenvalue weighted by molar-refractivity contribution is -0.142. The van der Waals surface area contributed by atoms with Crippen molar-refractivity contribution >= 4 is 5.91 Å². The summed E-state index contributed by atoms with van der Waals surface area (Å²) in [7, 11) is 0. The van der Waals surface area contributed by atoms with E-state index in [0.717, 1.165) is 36.7 Å². The molecule has 1 amide bonds. The summed E-state index contributed by atoms with van der Waals surface area (Å²) in [5, 5.41) is 10.7. The van der Waals surface area contributed by atoms with Gasteiger partial charge in [-0.2, -0.15) is 23.4 Å². The Balaban J connectivity index is 1.73. The molecule has 2 aromatic heterocycles. The molecule has 1 aliphatic rings. The average molecular weight is 369 g/mol. The number of halogens is 3. The Labute approximate surface area is 149 Å². The predicted octanol–water partition coefficient (Wildman–Crippen LogP) is 3.18. The number of hydrogen-bond acceptors (Lipinski definition) is 3. The number of aromatic nitrogens is 4. The van der Waals surface area contributed by atoms with Crippen LogP contribution in [0.1, 0.15) is 61.3 Å². The van der Waals surface area contributed by atoms with Crippen LogP contribution in [0.4, 0.5) is 13.2 Å². The maximum absolute atomic E-state index is 13.0. The minimum absolute atomic E-state index is 0.0545. The number of amides is 1. The van der Waals surface area contributed by atoms with E-state index in [1.54, 1.807) is 13.1 Å². The van der Waals surface area contributed by atoms with Gasteiger partial charge in [0.05, 0.1) is 6.20 Å². The number of carbonyl (C=O) groups is 1. The van der Waals surface area contributed by atoms with Gasteiger partial charge in [0.25, 0.3) is 0 Å². The summed E-state index contributed by atoms with van der Waals surface area (Å²) in [6.07, 6.45) is -1.18. The molecule has 0 radical (unpaired) electrons. The van der Waals surface area contributed by atoms with E-state index in [-0.39, 0.29) is 18.4 Å². The molecule has 6 nitrogen and oxygen atoms in total. The molecule has 2 heterocycles. The van der Waals surface area contributed by atoms with Gasteiger partial charge < -0.3 is 5.32 Å². The van der Waals surface area contributed by atoms with E-state index in [0.29, 0.717) is 5.69 Å². The van der Waals surface area contributed by atoms with Crippen molar-refractivity contribution in [1.82, 2.24) is 24.9 Å². The van der Waals surface area contributed by atoms with Crippen molar-refractivity contribution in [3.05, 3.63) is 34.9 Å². The monoisotopic (exact) mass is 369 g/mol. The zero-order valence-corrected chi connectivity index (χ0v) is 15.0. The normalized spacial score (nSPS) is 15.9. The Hall–Kier alpha value is -2.32. The second kappa shape index (κ2) is 6.77. The van der Waals surface area contributed by atoms with Crippen LogP contribution in [0.5, 0.6) is 0 Å². The molecule has 1 N–H and O–H groups in total. The highest BCUT2D eigenvalue weighted by Crippen LogP contribution is 2.42. The zero-order valence-electron chi connectivity index (χ0n) is 15.0. The summed E-state index contributed by atoms with van der Waals surface area (Å²) < 4.78 is 42.0. The first-order valence-electron chi connectivity index (χ1n) is 8.68. The highest BCUT2D eigenvalue weighted by molar-refractivity contribution is 5.79. The molecule has 0 spiro atoms. The van der Waals surface area contributed by atoms with E-state index in [2.05, 4.69) is 15.5 Å². The van der Waals surface area contributed by atoms with Crippen molar-refractivity contribution in [2.45, 2.75) is 64.8 Å². The number of hydrogen-bond donors (Lipinski definition) is 1. The van der Waals surface area contributed by atoms with Crippen LogP contribution >= 0.6 is 0 Å². The van der Waals surface area contributed by atoms with E-state index in [4.69, 9.17) is 0 Å². The van der Waals surface area contributed by atoms with E-state index in [1.807, 2.05) is 18.5 Å². The van der Waals surface area contributed by atoms with Crippen LogP contribution in [0.2, 0.25) is 0 Å². The van der Waals surface area contributed by atoms with E-state index < -0.39 is 17.9 Å². The van der Waals surface area contributed by atoms with Crippen LogP contribution in [0.25, 0.3) is 0 Å². The van der Waals surface area contributed by atoms with Crippen molar-refractivity contribution in [3.63, 3.8) is 0 Å². The van der Waals surface area contributed by atoms with Gasteiger partial charge in [-0.15, -0.1) is 0 Å². The molecule has 9 heteroatoms. The summed E-state index contributed by atoms with van der Waals surface area (Å²) in [5.74, 6) is -0.314. The molecular weight excluding hydrogens is 347 g/mol. The molecule has 142 valence electrons. The Morgan fingerprint density at radius 3 is 2.65 bits per heavy atom. The topological polar surface area (TPSA) is 64.7 Å².